The Morgan fingerprint density at radius 3 is 2.57 bits per heavy atom. The Balaban J connectivity index is 1.92. The van der Waals surface area contributed by atoms with Gasteiger partial charge in [0.25, 0.3) is 5.91 Å². The number of esters is 1. The van der Waals surface area contributed by atoms with Gasteiger partial charge in [-0.1, -0.05) is 18.5 Å². The number of amides is 1. The lowest BCUT2D eigenvalue weighted by Crippen LogP contribution is -2.15. The van der Waals surface area contributed by atoms with Crippen molar-refractivity contribution >= 4 is 29.2 Å². The van der Waals surface area contributed by atoms with E-state index in [0.29, 0.717) is 23.4 Å². The molecule has 0 aliphatic carbocycles. The molecule has 2 aromatic carbocycles. The van der Waals surface area contributed by atoms with Crippen LogP contribution in [0, 0.1) is 5.82 Å². The molecule has 3 rings (SSSR count). The van der Waals surface area contributed by atoms with E-state index in [1.54, 1.807) is 16.8 Å². The van der Waals surface area contributed by atoms with E-state index in [2.05, 4.69) is 15.2 Å². The second-order valence-corrected chi connectivity index (χ2v) is 6.29. The van der Waals surface area contributed by atoms with Gasteiger partial charge in [-0.15, -0.1) is 0 Å². The number of benzene rings is 2. The predicted octanol–water partition coefficient (Wildman–Crippen LogP) is 4.27. The van der Waals surface area contributed by atoms with Crippen molar-refractivity contribution in [3.8, 4) is 5.69 Å². The minimum absolute atomic E-state index is 0.264. The number of anilines is 1. The average Bonchev–Trinajstić information content (AvgIpc) is 3.13. The van der Waals surface area contributed by atoms with Crippen LogP contribution < -0.4 is 5.32 Å². The zero-order valence-electron chi connectivity index (χ0n) is 15.2. The summed E-state index contributed by atoms with van der Waals surface area (Å²) in [6.07, 6.45) is 1.96. The van der Waals surface area contributed by atoms with E-state index in [1.807, 2.05) is 6.92 Å². The minimum atomic E-state index is -0.537. The monoisotopic (exact) mass is 401 g/mol. The van der Waals surface area contributed by atoms with Crippen LogP contribution in [-0.4, -0.2) is 28.8 Å². The van der Waals surface area contributed by atoms with Crippen LogP contribution in [0.5, 0.6) is 0 Å². The van der Waals surface area contributed by atoms with Crippen LogP contribution in [0.15, 0.2) is 48.7 Å². The zero-order chi connectivity index (χ0) is 20.3. The molecule has 0 fully saturated rings. The topological polar surface area (TPSA) is 73.2 Å². The minimum Gasteiger partial charge on any atom is -0.465 e. The standard InChI is InChI=1S/C20H17ClFN3O3/c1-3-18-15(11-23-25(18)14-7-5-13(22)6-8-14)19(26)24-17-10-12(20(27)28-2)4-9-16(17)21/h4-11H,3H2,1-2H3,(H,24,26). The molecule has 28 heavy (non-hydrogen) atoms. The molecule has 0 aliphatic rings. The number of aromatic nitrogens is 2. The van der Waals surface area contributed by atoms with Crippen molar-refractivity contribution in [3.05, 3.63) is 76.3 Å². The number of carbonyl (C=O) groups excluding carboxylic acids is 2. The van der Waals surface area contributed by atoms with Crippen LogP contribution in [-0.2, 0) is 11.2 Å². The van der Waals surface area contributed by atoms with Crippen LogP contribution in [0.3, 0.4) is 0 Å². The summed E-state index contributed by atoms with van der Waals surface area (Å²) in [5, 5.41) is 7.24. The molecule has 1 heterocycles. The van der Waals surface area contributed by atoms with Crippen molar-refractivity contribution in [1.82, 2.24) is 9.78 Å². The fourth-order valence-corrected chi connectivity index (χ4v) is 2.93. The highest BCUT2D eigenvalue weighted by Gasteiger charge is 2.19. The molecule has 1 aromatic heterocycles. The SMILES string of the molecule is CCc1c(C(=O)Nc2cc(C(=O)OC)ccc2Cl)cnn1-c1ccc(F)cc1. The van der Waals surface area contributed by atoms with E-state index in [0.717, 1.165) is 0 Å². The first-order chi connectivity index (χ1) is 13.4. The third kappa shape index (κ3) is 3.89. The summed E-state index contributed by atoms with van der Waals surface area (Å²) in [6.45, 7) is 1.89. The summed E-state index contributed by atoms with van der Waals surface area (Å²) in [5.41, 5.74) is 2.20. The Kier molecular flexibility index (Phi) is 5.75. The number of carbonyl (C=O) groups is 2. The van der Waals surface area contributed by atoms with Gasteiger partial charge in [-0.25, -0.2) is 13.9 Å². The van der Waals surface area contributed by atoms with E-state index in [-0.39, 0.29) is 22.1 Å². The Labute approximate surface area is 165 Å². The first-order valence-electron chi connectivity index (χ1n) is 8.46. The molecule has 1 N–H and O–H groups in total. The van der Waals surface area contributed by atoms with Gasteiger partial charge in [-0.05, 0) is 48.9 Å². The molecule has 0 aliphatic heterocycles. The average molecular weight is 402 g/mol. The highest BCUT2D eigenvalue weighted by molar-refractivity contribution is 6.34. The Bertz CT molecular complexity index is 1030. The van der Waals surface area contributed by atoms with E-state index in [9.17, 15) is 14.0 Å². The second-order valence-electron chi connectivity index (χ2n) is 5.89. The van der Waals surface area contributed by atoms with Crippen molar-refractivity contribution in [2.45, 2.75) is 13.3 Å². The van der Waals surface area contributed by atoms with Crippen LogP contribution in [0.1, 0.15) is 33.3 Å². The molecule has 0 atom stereocenters. The van der Waals surface area contributed by atoms with E-state index < -0.39 is 11.9 Å². The summed E-state index contributed by atoms with van der Waals surface area (Å²) in [7, 11) is 1.27. The smallest absolute Gasteiger partial charge is 0.337 e. The molecule has 0 radical (unpaired) electrons. The maximum Gasteiger partial charge on any atom is 0.337 e. The Morgan fingerprint density at radius 1 is 1.21 bits per heavy atom. The third-order valence-corrected chi connectivity index (χ3v) is 4.48. The van der Waals surface area contributed by atoms with Gasteiger partial charge in [0.1, 0.15) is 5.82 Å². The fraction of sp³-hybridized carbons (Fsp3) is 0.150. The van der Waals surface area contributed by atoms with Gasteiger partial charge in [0.2, 0.25) is 0 Å². The summed E-state index contributed by atoms with van der Waals surface area (Å²) in [4.78, 5) is 24.5. The van der Waals surface area contributed by atoms with Crippen molar-refractivity contribution < 1.29 is 18.7 Å². The van der Waals surface area contributed by atoms with Crippen molar-refractivity contribution in [2.75, 3.05) is 12.4 Å². The lowest BCUT2D eigenvalue weighted by Gasteiger charge is -2.10. The lowest BCUT2D eigenvalue weighted by atomic mass is 10.1. The molecule has 0 saturated carbocycles. The van der Waals surface area contributed by atoms with Crippen molar-refractivity contribution in [3.63, 3.8) is 0 Å². The number of methoxy groups -OCH3 is 1. The first kappa shape index (κ1) is 19.6. The number of nitrogens with zero attached hydrogens (tertiary/aromatic N) is 2. The largest absolute Gasteiger partial charge is 0.465 e. The number of hydrogen-bond acceptors (Lipinski definition) is 4. The molecule has 0 saturated heterocycles. The third-order valence-electron chi connectivity index (χ3n) is 4.16. The zero-order valence-corrected chi connectivity index (χ0v) is 16.0. The molecular formula is C20H17ClFN3O3. The molecular weight excluding hydrogens is 385 g/mol. The van der Waals surface area contributed by atoms with Crippen molar-refractivity contribution in [2.24, 2.45) is 0 Å². The predicted molar refractivity (Wildman–Crippen MR) is 104 cm³/mol. The van der Waals surface area contributed by atoms with Gasteiger partial charge >= 0.3 is 5.97 Å². The molecule has 3 aromatic rings. The number of nitrogens with one attached hydrogen (secondary N) is 1. The van der Waals surface area contributed by atoms with Crippen LogP contribution in [0.4, 0.5) is 10.1 Å². The van der Waals surface area contributed by atoms with E-state index in [4.69, 9.17) is 11.6 Å². The van der Waals surface area contributed by atoms with Gasteiger partial charge in [0.05, 0.1) is 46.5 Å². The van der Waals surface area contributed by atoms with E-state index >= 15 is 0 Å². The maximum absolute atomic E-state index is 13.2. The van der Waals surface area contributed by atoms with Gasteiger partial charge in [-0.2, -0.15) is 5.10 Å². The number of rotatable bonds is 5. The second kappa shape index (κ2) is 8.22. The van der Waals surface area contributed by atoms with Gasteiger partial charge in [-0.3, -0.25) is 4.79 Å². The maximum atomic E-state index is 13.2. The van der Waals surface area contributed by atoms with Crippen molar-refractivity contribution in [1.29, 1.82) is 0 Å². The van der Waals surface area contributed by atoms with E-state index in [1.165, 1.54) is 43.6 Å². The molecule has 144 valence electrons. The van der Waals surface area contributed by atoms with Gasteiger partial charge < -0.3 is 10.1 Å². The highest BCUT2D eigenvalue weighted by atomic mass is 35.5. The van der Waals surface area contributed by atoms with Crippen LogP contribution >= 0.6 is 11.6 Å². The Hall–Kier alpha value is -3.19. The van der Waals surface area contributed by atoms with Crippen LogP contribution in [0.25, 0.3) is 5.69 Å². The number of hydrogen-bond donors (Lipinski definition) is 1. The number of halogens is 2. The fourth-order valence-electron chi connectivity index (χ4n) is 2.76. The molecule has 0 spiro atoms. The molecule has 1 amide bonds. The summed E-state index contributed by atoms with van der Waals surface area (Å²) >= 11 is 6.14. The molecule has 8 heteroatoms. The molecule has 6 nitrogen and oxygen atoms in total. The Morgan fingerprint density at radius 2 is 1.93 bits per heavy atom. The molecule has 0 unspecified atom stereocenters. The molecule has 0 bridgehead atoms. The number of ether oxygens (including phenoxy) is 1. The quantitative estimate of drug-likeness (QED) is 0.648. The summed E-state index contributed by atoms with van der Waals surface area (Å²) in [5.74, 6) is -1.31. The highest BCUT2D eigenvalue weighted by Crippen LogP contribution is 2.25. The van der Waals surface area contributed by atoms with Gasteiger partial charge in [0.15, 0.2) is 0 Å². The summed E-state index contributed by atoms with van der Waals surface area (Å²) < 4.78 is 19.4. The first-order valence-corrected chi connectivity index (χ1v) is 8.84. The van der Waals surface area contributed by atoms with Gasteiger partial charge in [0, 0.05) is 0 Å². The lowest BCUT2D eigenvalue weighted by molar-refractivity contribution is 0.0600. The summed E-state index contributed by atoms with van der Waals surface area (Å²) in [6, 6.07) is 10.3. The van der Waals surface area contributed by atoms with Crippen LogP contribution in [0.2, 0.25) is 5.02 Å². The normalized spacial score (nSPS) is 10.6.